The Morgan fingerprint density at radius 3 is 2.44 bits per heavy atom. The predicted octanol–water partition coefficient (Wildman–Crippen LogP) is 4.33. The van der Waals surface area contributed by atoms with Crippen molar-refractivity contribution < 1.29 is 4.74 Å². The molecule has 0 aromatic heterocycles. The monoisotopic (exact) mass is 222 g/mol. The lowest BCUT2D eigenvalue weighted by molar-refractivity contribution is -0.221. The van der Waals surface area contributed by atoms with Crippen LogP contribution in [0, 0.1) is 11.3 Å². The zero-order valence-electron chi connectivity index (χ0n) is 11.3. The Bertz CT molecular complexity index is 294. The van der Waals surface area contributed by atoms with Crippen LogP contribution in [0.15, 0.2) is 12.7 Å². The van der Waals surface area contributed by atoms with E-state index in [4.69, 9.17) is 4.74 Å². The molecule has 0 unspecified atom stereocenters. The van der Waals surface area contributed by atoms with Gasteiger partial charge in [-0.3, -0.25) is 0 Å². The van der Waals surface area contributed by atoms with Crippen molar-refractivity contribution in [3.63, 3.8) is 0 Å². The molecule has 2 fully saturated rings. The lowest BCUT2D eigenvalue weighted by Gasteiger charge is -2.57. The highest BCUT2D eigenvalue weighted by atomic mass is 16.5. The van der Waals surface area contributed by atoms with Gasteiger partial charge in [0.15, 0.2) is 0 Å². The first-order valence-corrected chi connectivity index (χ1v) is 6.65. The summed E-state index contributed by atoms with van der Waals surface area (Å²) in [6.45, 7) is 13.3. The minimum Gasteiger partial charge on any atom is -0.365 e. The highest BCUT2D eigenvalue weighted by Gasteiger charge is 2.52. The second-order valence-electron chi connectivity index (χ2n) is 6.86. The van der Waals surface area contributed by atoms with Crippen molar-refractivity contribution >= 4 is 0 Å². The summed E-state index contributed by atoms with van der Waals surface area (Å²) in [6.07, 6.45) is 8.27. The van der Waals surface area contributed by atoms with Crippen LogP contribution in [0.2, 0.25) is 0 Å². The molecule has 0 amide bonds. The SMILES string of the molecule is C=C[C@]1(C)CC[C@@H]2C(C)(C)CCC[C@]2(C)O1. The minimum atomic E-state index is -0.0985. The maximum Gasteiger partial charge on any atom is 0.0839 e. The molecular weight excluding hydrogens is 196 g/mol. The summed E-state index contributed by atoms with van der Waals surface area (Å²) < 4.78 is 6.43. The molecule has 1 aliphatic heterocycles. The van der Waals surface area contributed by atoms with Gasteiger partial charge in [-0.2, -0.15) is 0 Å². The standard InChI is InChI=1S/C15H26O/c1-6-14(4)11-8-12-13(2,3)9-7-10-15(12,5)16-14/h6,12H,1,7-11H2,2-5H3/t12-,14-,15+/m1/s1. The molecule has 16 heavy (non-hydrogen) atoms. The van der Waals surface area contributed by atoms with Crippen molar-refractivity contribution in [2.24, 2.45) is 11.3 Å². The normalized spacial score (nSPS) is 47.1. The maximum atomic E-state index is 6.43. The van der Waals surface area contributed by atoms with Crippen molar-refractivity contribution in [2.75, 3.05) is 0 Å². The van der Waals surface area contributed by atoms with E-state index in [1.165, 1.54) is 25.7 Å². The van der Waals surface area contributed by atoms with Gasteiger partial charge in [0.05, 0.1) is 11.2 Å². The first-order valence-electron chi connectivity index (χ1n) is 6.65. The lowest BCUT2D eigenvalue weighted by atomic mass is 9.58. The summed E-state index contributed by atoms with van der Waals surface area (Å²) in [5.74, 6) is 0.710. The van der Waals surface area contributed by atoms with E-state index in [1.54, 1.807) is 0 Å². The molecule has 1 heterocycles. The maximum absolute atomic E-state index is 6.43. The molecule has 0 aromatic carbocycles. The third-order valence-electron chi connectivity index (χ3n) is 5.00. The van der Waals surface area contributed by atoms with Crippen LogP contribution in [0.5, 0.6) is 0 Å². The number of hydrogen-bond acceptors (Lipinski definition) is 1. The fourth-order valence-electron chi connectivity index (χ4n) is 4.05. The van der Waals surface area contributed by atoms with Gasteiger partial charge in [-0.25, -0.2) is 0 Å². The second-order valence-corrected chi connectivity index (χ2v) is 6.86. The number of ether oxygens (including phenoxy) is 1. The molecule has 2 aliphatic rings. The fourth-order valence-corrected chi connectivity index (χ4v) is 4.05. The summed E-state index contributed by atoms with van der Waals surface area (Å²) >= 11 is 0. The van der Waals surface area contributed by atoms with Gasteiger partial charge in [0.2, 0.25) is 0 Å². The minimum absolute atomic E-state index is 0.0724. The molecule has 92 valence electrons. The van der Waals surface area contributed by atoms with Crippen molar-refractivity contribution in [1.82, 2.24) is 0 Å². The Kier molecular flexibility index (Phi) is 2.73. The van der Waals surface area contributed by atoms with Crippen LogP contribution in [0.25, 0.3) is 0 Å². The van der Waals surface area contributed by atoms with Gasteiger partial charge in [0.25, 0.3) is 0 Å². The Labute approximate surface area is 100 Å². The van der Waals surface area contributed by atoms with E-state index >= 15 is 0 Å². The smallest absolute Gasteiger partial charge is 0.0839 e. The van der Waals surface area contributed by atoms with Crippen LogP contribution >= 0.6 is 0 Å². The Morgan fingerprint density at radius 2 is 1.81 bits per heavy atom. The molecule has 1 heteroatoms. The number of hydrogen-bond donors (Lipinski definition) is 0. The molecule has 0 N–H and O–H groups in total. The zero-order valence-corrected chi connectivity index (χ0v) is 11.3. The third-order valence-corrected chi connectivity index (χ3v) is 5.00. The zero-order chi connectivity index (χ0) is 12.0. The molecule has 3 atom stereocenters. The van der Waals surface area contributed by atoms with Gasteiger partial charge in [0.1, 0.15) is 0 Å². The van der Waals surface area contributed by atoms with Gasteiger partial charge in [-0.15, -0.1) is 6.58 Å². The van der Waals surface area contributed by atoms with Crippen molar-refractivity contribution in [2.45, 2.75) is 71.0 Å². The topological polar surface area (TPSA) is 9.23 Å². The van der Waals surface area contributed by atoms with E-state index in [9.17, 15) is 0 Å². The quantitative estimate of drug-likeness (QED) is 0.600. The first-order chi connectivity index (χ1) is 7.31. The second kappa shape index (κ2) is 3.60. The summed E-state index contributed by atoms with van der Waals surface area (Å²) in [5, 5.41) is 0. The Morgan fingerprint density at radius 1 is 1.12 bits per heavy atom. The van der Waals surface area contributed by atoms with Crippen LogP contribution in [0.1, 0.15) is 59.8 Å². The Balaban J connectivity index is 2.26. The largest absolute Gasteiger partial charge is 0.365 e. The van der Waals surface area contributed by atoms with Crippen molar-refractivity contribution in [3.8, 4) is 0 Å². The van der Waals surface area contributed by atoms with E-state index in [1.807, 2.05) is 6.08 Å². The molecule has 1 saturated heterocycles. The van der Waals surface area contributed by atoms with E-state index in [2.05, 4.69) is 34.3 Å². The van der Waals surface area contributed by atoms with Crippen LogP contribution < -0.4 is 0 Å². The van der Waals surface area contributed by atoms with Gasteiger partial charge < -0.3 is 4.74 Å². The average molecular weight is 222 g/mol. The number of rotatable bonds is 1. The fraction of sp³-hybridized carbons (Fsp3) is 0.867. The molecule has 0 radical (unpaired) electrons. The lowest BCUT2D eigenvalue weighted by Crippen LogP contribution is -2.56. The summed E-state index contributed by atoms with van der Waals surface area (Å²) in [7, 11) is 0. The highest BCUT2D eigenvalue weighted by Crippen LogP contribution is 2.54. The number of fused-ring (bicyclic) bond motifs is 1. The first kappa shape index (κ1) is 12.2. The van der Waals surface area contributed by atoms with Crippen LogP contribution in [0.3, 0.4) is 0 Å². The molecule has 0 aromatic rings. The van der Waals surface area contributed by atoms with Crippen LogP contribution in [0.4, 0.5) is 0 Å². The molecule has 1 aliphatic carbocycles. The van der Waals surface area contributed by atoms with Crippen molar-refractivity contribution in [3.05, 3.63) is 12.7 Å². The van der Waals surface area contributed by atoms with Crippen LogP contribution in [-0.4, -0.2) is 11.2 Å². The van der Waals surface area contributed by atoms with Gasteiger partial charge >= 0.3 is 0 Å². The highest BCUT2D eigenvalue weighted by molar-refractivity contribution is 5.07. The molecule has 0 bridgehead atoms. The summed E-state index contributed by atoms with van der Waals surface area (Å²) in [6, 6.07) is 0. The summed E-state index contributed by atoms with van der Waals surface area (Å²) in [5.41, 5.74) is 0.414. The van der Waals surface area contributed by atoms with Crippen molar-refractivity contribution in [1.29, 1.82) is 0 Å². The molecule has 1 saturated carbocycles. The van der Waals surface area contributed by atoms with E-state index < -0.39 is 0 Å². The van der Waals surface area contributed by atoms with Gasteiger partial charge in [-0.1, -0.05) is 26.3 Å². The van der Waals surface area contributed by atoms with Gasteiger partial charge in [-0.05, 0) is 50.9 Å². The Hall–Kier alpha value is -0.300. The molecule has 2 rings (SSSR count). The predicted molar refractivity (Wildman–Crippen MR) is 68.4 cm³/mol. The molecular formula is C15H26O. The van der Waals surface area contributed by atoms with Gasteiger partial charge in [0, 0.05) is 0 Å². The van der Waals surface area contributed by atoms with E-state index in [0.717, 1.165) is 6.42 Å². The van der Waals surface area contributed by atoms with Crippen LogP contribution in [-0.2, 0) is 4.74 Å². The molecule has 0 spiro atoms. The summed E-state index contributed by atoms with van der Waals surface area (Å²) in [4.78, 5) is 0. The van der Waals surface area contributed by atoms with E-state index in [-0.39, 0.29) is 11.2 Å². The average Bonchev–Trinajstić information content (AvgIpc) is 2.15. The molecule has 1 nitrogen and oxygen atoms in total. The van der Waals surface area contributed by atoms with E-state index in [0.29, 0.717) is 11.3 Å². The third kappa shape index (κ3) is 1.84.